The highest BCUT2D eigenvalue weighted by atomic mass is 35.5. The highest BCUT2D eigenvalue weighted by molar-refractivity contribution is 6.28. The average molecular weight is 226 g/mol. The Hall–Kier alpha value is -0.830. The highest BCUT2D eigenvalue weighted by Gasteiger charge is 2.27. The van der Waals surface area contributed by atoms with E-state index < -0.39 is 0 Å². The largest absolute Gasteiger partial charge is 0.356 e. The van der Waals surface area contributed by atoms with Crippen LogP contribution in [0.25, 0.3) is 0 Å². The Morgan fingerprint density at radius 3 is 2.40 bits per heavy atom. The molecular weight excluding hydrogens is 210 g/mol. The molecule has 2 heterocycles. The van der Waals surface area contributed by atoms with Gasteiger partial charge < -0.3 is 4.90 Å². The lowest BCUT2D eigenvalue weighted by atomic mass is 10.0. The molecular formula is C11H16ClN3. The summed E-state index contributed by atoms with van der Waals surface area (Å²) in [5, 5.41) is 0.345. The molecule has 0 amide bonds. The van der Waals surface area contributed by atoms with Crippen molar-refractivity contribution in [3.63, 3.8) is 0 Å². The van der Waals surface area contributed by atoms with Crippen molar-refractivity contribution in [2.24, 2.45) is 11.8 Å². The Balaban J connectivity index is 2.23. The van der Waals surface area contributed by atoms with Crippen LogP contribution in [0.15, 0.2) is 6.07 Å². The zero-order valence-corrected chi connectivity index (χ0v) is 10.1. The molecule has 1 fully saturated rings. The van der Waals surface area contributed by atoms with Crippen LogP contribution in [0.2, 0.25) is 5.28 Å². The minimum absolute atomic E-state index is 0.345. The van der Waals surface area contributed by atoms with Crippen LogP contribution >= 0.6 is 11.6 Å². The van der Waals surface area contributed by atoms with Crippen LogP contribution in [-0.4, -0.2) is 23.1 Å². The van der Waals surface area contributed by atoms with Crippen LogP contribution in [-0.2, 0) is 0 Å². The van der Waals surface area contributed by atoms with Crippen LogP contribution in [0.3, 0.4) is 0 Å². The quantitative estimate of drug-likeness (QED) is 0.688. The molecule has 0 radical (unpaired) electrons. The monoisotopic (exact) mass is 225 g/mol. The first kappa shape index (κ1) is 10.7. The van der Waals surface area contributed by atoms with Crippen LogP contribution in [0.5, 0.6) is 0 Å². The molecule has 0 saturated carbocycles. The predicted octanol–water partition coefficient (Wildman–Crippen LogP) is 2.53. The maximum Gasteiger partial charge on any atom is 0.224 e. The molecule has 0 spiro atoms. The molecule has 0 aromatic carbocycles. The summed E-state index contributed by atoms with van der Waals surface area (Å²) >= 11 is 5.85. The van der Waals surface area contributed by atoms with Gasteiger partial charge in [-0.2, -0.15) is 0 Å². The second kappa shape index (κ2) is 3.97. The van der Waals surface area contributed by atoms with Gasteiger partial charge in [-0.15, -0.1) is 0 Å². The summed E-state index contributed by atoms with van der Waals surface area (Å²) in [6.45, 7) is 8.63. The normalized spacial score (nSPS) is 26.0. The van der Waals surface area contributed by atoms with E-state index in [0.29, 0.717) is 5.28 Å². The van der Waals surface area contributed by atoms with Crippen molar-refractivity contribution < 1.29 is 0 Å². The van der Waals surface area contributed by atoms with Gasteiger partial charge in [-0.3, -0.25) is 0 Å². The maximum absolute atomic E-state index is 5.85. The van der Waals surface area contributed by atoms with Gasteiger partial charge in [-0.25, -0.2) is 9.97 Å². The van der Waals surface area contributed by atoms with Gasteiger partial charge in [0.25, 0.3) is 0 Å². The first-order valence-corrected chi connectivity index (χ1v) is 5.70. The minimum Gasteiger partial charge on any atom is -0.356 e. The number of nitrogens with zero attached hydrogens (tertiary/aromatic N) is 3. The van der Waals surface area contributed by atoms with Gasteiger partial charge >= 0.3 is 0 Å². The third-order valence-electron chi connectivity index (χ3n) is 3.13. The summed E-state index contributed by atoms with van der Waals surface area (Å²) in [5.74, 6) is 2.40. The third-order valence-corrected chi connectivity index (χ3v) is 3.29. The fourth-order valence-corrected chi connectivity index (χ4v) is 2.22. The molecule has 1 aromatic rings. The summed E-state index contributed by atoms with van der Waals surface area (Å²) in [6.07, 6.45) is 0. The molecule has 1 aliphatic heterocycles. The lowest BCUT2D eigenvalue weighted by molar-refractivity contribution is 0.494. The van der Waals surface area contributed by atoms with Gasteiger partial charge in [-0.05, 0) is 30.4 Å². The molecule has 0 bridgehead atoms. The molecule has 0 N–H and O–H groups in total. The zero-order valence-electron chi connectivity index (χ0n) is 9.37. The number of halogens is 1. The molecule has 1 aliphatic rings. The van der Waals surface area contributed by atoms with E-state index in [1.165, 1.54) is 0 Å². The molecule has 1 aromatic heterocycles. The Morgan fingerprint density at radius 1 is 1.27 bits per heavy atom. The Morgan fingerprint density at radius 2 is 1.87 bits per heavy atom. The summed E-state index contributed by atoms with van der Waals surface area (Å²) in [7, 11) is 0. The van der Waals surface area contributed by atoms with Gasteiger partial charge in [0.05, 0.1) is 0 Å². The number of hydrogen-bond donors (Lipinski definition) is 0. The highest BCUT2D eigenvalue weighted by Crippen LogP contribution is 2.27. The third kappa shape index (κ3) is 2.23. The van der Waals surface area contributed by atoms with E-state index in [-0.39, 0.29) is 0 Å². The molecule has 3 nitrogen and oxygen atoms in total. The molecule has 2 rings (SSSR count). The van der Waals surface area contributed by atoms with E-state index in [9.17, 15) is 0 Å². The van der Waals surface area contributed by atoms with Crippen molar-refractivity contribution >= 4 is 17.4 Å². The number of hydrogen-bond acceptors (Lipinski definition) is 3. The predicted molar refractivity (Wildman–Crippen MR) is 62.3 cm³/mol. The van der Waals surface area contributed by atoms with Crippen LogP contribution in [0.4, 0.5) is 5.82 Å². The molecule has 2 unspecified atom stereocenters. The van der Waals surface area contributed by atoms with Crippen molar-refractivity contribution in [2.45, 2.75) is 20.8 Å². The maximum atomic E-state index is 5.85. The van der Waals surface area contributed by atoms with Crippen molar-refractivity contribution in [3.8, 4) is 0 Å². The SMILES string of the molecule is Cc1cc(N2CC(C)C(C)C2)nc(Cl)n1. The summed E-state index contributed by atoms with van der Waals surface area (Å²) in [4.78, 5) is 10.6. The fourth-order valence-electron chi connectivity index (χ4n) is 2.00. The summed E-state index contributed by atoms with van der Waals surface area (Å²) in [6, 6.07) is 2.00. The van der Waals surface area contributed by atoms with E-state index in [1.807, 2.05) is 13.0 Å². The second-order valence-corrected chi connectivity index (χ2v) is 4.83. The van der Waals surface area contributed by atoms with Gasteiger partial charge in [0.2, 0.25) is 5.28 Å². The van der Waals surface area contributed by atoms with Crippen molar-refractivity contribution in [1.82, 2.24) is 9.97 Å². The van der Waals surface area contributed by atoms with Crippen molar-refractivity contribution in [1.29, 1.82) is 0 Å². The standard InChI is InChI=1S/C11H16ClN3/c1-7-5-15(6-8(7)2)10-4-9(3)13-11(12)14-10/h4,7-8H,5-6H2,1-3H3. The first-order valence-electron chi connectivity index (χ1n) is 5.32. The Kier molecular flexibility index (Phi) is 2.83. The average Bonchev–Trinajstić information content (AvgIpc) is 2.45. The molecule has 4 heteroatoms. The Labute approximate surface area is 95.5 Å². The van der Waals surface area contributed by atoms with Gasteiger partial charge in [0.15, 0.2) is 0 Å². The Bertz CT molecular complexity index is 337. The first-order chi connectivity index (χ1) is 7.06. The number of aromatic nitrogens is 2. The number of rotatable bonds is 1. The second-order valence-electron chi connectivity index (χ2n) is 4.50. The number of anilines is 1. The molecule has 2 atom stereocenters. The smallest absolute Gasteiger partial charge is 0.224 e. The topological polar surface area (TPSA) is 29.0 Å². The van der Waals surface area contributed by atoms with E-state index in [0.717, 1.165) is 36.4 Å². The van der Waals surface area contributed by atoms with Crippen LogP contribution < -0.4 is 4.90 Å². The summed E-state index contributed by atoms with van der Waals surface area (Å²) < 4.78 is 0. The van der Waals surface area contributed by atoms with Crippen molar-refractivity contribution in [3.05, 3.63) is 17.0 Å². The fraction of sp³-hybridized carbons (Fsp3) is 0.636. The minimum atomic E-state index is 0.345. The van der Waals surface area contributed by atoms with Crippen LogP contribution in [0.1, 0.15) is 19.5 Å². The molecule has 0 aliphatic carbocycles. The lowest BCUT2D eigenvalue weighted by Gasteiger charge is -2.17. The lowest BCUT2D eigenvalue weighted by Crippen LogP contribution is -2.21. The summed E-state index contributed by atoms with van der Waals surface area (Å²) in [5.41, 5.74) is 0.928. The van der Waals surface area contributed by atoms with E-state index >= 15 is 0 Å². The molecule has 15 heavy (non-hydrogen) atoms. The molecule has 82 valence electrons. The van der Waals surface area contributed by atoms with E-state index in [1.54, 1.807) is 0 Å². The van der Waals surface area contributed by atoms with Crippen LogP contribution in [0, 0.1) is 18.8 Å². The molecule has 1 saturated heterocycles. The van der Waals surface area contributed by atoms with E-state index in [2.05, 4.69) is 28.7 Å². The van der Waals surface area contributed by atoms with Gasteiger partial charge in [0, 0.05) is 24.8 Å². The number of aryl methyl sites for hydroxylation is 1. The van der Waals surface area contributed by atoms with Gasteiger partial charge in [0.1, 0.15) is 5.82 Å². The van der Waals surface area contributed by atoms with Gasteiger partial charge in [-0.1, -0.05) is 13.8 Å². The zero-order chi connectivity index (χ0) is 11.0. The van der Waals surface area contributed by atoms with Crippen molar-refractivity contribution in [2.75, 3.05) is 18.0 Å². The van der Waals surface area contributed by atoms with E-state index in [4.69, 9.17) is 11.6 Å².